The zero-order valence-electron chi connectivity index (χ0n) is 9.25. The first kappa shape index (κ1) is 11.8. The molecule has 0 unspecified atom stereocenters. The summed E-state index contributed by atoms with van der Waals surface area (Å²) in [4.78, 5) is 5.89. The van der Waals surface area contributed by atoms with Gasteiger partial charge in [0.25, 0.3) is 0 Å². The Morgan fingerprint density at radius 1 is 1.29 bits per heavy atom. The summed E-state index contributed by atoms with van der Waals surface area (Å²) in [6, 6.07) is 3.57. The summed E-state index contributed by atoms with van der Waals surface area (Å²) < 4.78 is 37.8. The minimum atomic E-state index is -4.38. The van der Waals surface area contributed by atoms with Crippen molar-refractivity contribution < 1.29 is 13.2 Å². The van der Waals surface area contributed by atoms with Crippen molar-refractivity contribution in [1.29, 1.82) is 0 Å². The second-order valence-corrected chi connectivity index (χ2v) is 4.04. The molecule has 17 heavy (non-hydrogen) atoms. The highest BCUT2D eigenvalue weighted by Crippen LogP contribution is 2.34. The Bertz CT molecular complexity index is 466. The van der Waals surface area contributed by atoms with E-state index < -0.39 is 11.7 Å². The summed E-state index contributed by atoms with van der Waals surface area (Å²) in [7, 11) is 0. The van der Waals surface area contributed by atoms with Crippen molar-refractivity contribution in [1.82, 2.24) is 0 Å². The number of alkyl halides is 3. The fourth-order valence-corrected chi connectivity index (χ4v) is 1.74. The lowest BCUT2D eigenvalue weighted by molar-refractivity contribution is -0.137. The van der Waals surface area contributed by atoms with Crippen LogP contribution in [0.15, 0.2) is 23.2 Å². The highest BCUT2D eigenvalue weighted by molar-refractivity contribution is 5.89. The number of hydrogen-bond acceptors (Lipinski definition) is 3. The van der Waals surface area contributed by atoms with E-state index in [1.54, 1.807) is 4.90 Å². The van der Waals surface area contributed by atoms with Crippen molar-refractivity contribution in [3.05, 3.63) is 23.8 Å². The predicted octanol–water partition coefficient (Wildman–Crippen LogP) is 2.53. The number of halogens is 3. The van der Waals surface area contributed by atoms with Gasteiger partial charge in [-0.3, -0.25) is 4.99 Å². The minimum absolute atomic E-state index is 0.111. The zero-order chi connectivity index (χ0) is 12.6. The van der Waals surface area contributed by atoms with Gasteiger partial charge < -0.3 is 10.6 Å². The molecule has 0 spiro atoms. The van der Waals surface area contributed by atoms with Crippen LogP contribution in [-0.2, 0) is 6.18 Å². The van der Waals surface area contributed by atoms with Crippen LogP contribution in [0, 0.1) is 0 Å². The van der Waals surface area contributed by atoms with Gasteiger partial charge in [-0.15, -0.1) is 0 Å². The van der Waals surface area contributed by atoms with Crippen molar-refractivity contribution >= 4 is 17.1 Å². The number of aliphatic imine (C=N–C) groups is 1. The second-order valence-electron chi connectivity index (χ2n) is 4.04. The van der Waals surface area contributed by atoms with E-state index in [1.165, 1.54) is 6.07 Å². The van der Waals surface area contributed by atoms with Crippen LogP contribution in [-0.4, -0.2) is 18.9 Å². The molecule has 1 heterocycles. The monoisotopic (exact) mass is 243 g/mol. The SMILES string of the molecule is CC1=NCN(c2cc(N)cc(C(F)(F)F)c2)C1. The van der Waals surface area contributed by atoms with E-state index in [4.69, 9.17) is 5.73 Å². The zero-order valence-corrected chi connectivity index (χ0v) is 9.25. The molecule has 0 fully saturated rings. The van der Waals surface area contributed by atoms with Gasteiger partial charge in [0.1, 0.15) is 6.67 Å². The molecule has 1 aliphatic heterocycles. The largest absolute Gasteiger partial charge is 0.416 e. The van der Waals surface area contributed by atoms with Crippen molar-refractivity contribution in [2.75, 3.05) is 23.8 Å². The molecule has 0 radical (unpaired) electrons. The summed E-state index contributed by atoms with van der Waals surface area (Å²) >= 11 is 0. The maximum absolute atomic E-state index is 12.6. The highest BCUT2D eigenvalue weighted by atomic mass is 19.4. The van der Waals surface area contributed by atoms with Gasteiger partial charge in [-0.2, -0.15) is 13.2 Å². The molecule has 0 aromatic heterocycles. The third kappa shape index (κ3) is 2.51. The van der Waals surface area contributed by atoms with E-state index in [-0.39, 0.29) is 5.69 Å². The number of hydrogen-bond donors (Lipinski definition) is 1. The Balaban J connectivity index is 2.33. The molecule has 0 amide bonds. The molecule has 3 nitrogen and oxygen atoms in total. The number of nitrogen functional groups attached to an aromatic ring is 1. The van der Waals surface area contributed by atoms with E-state index in [2.05, 4.69) is 4.99 Å². The Kier molecular flexibility index (Phi) is 2.73. The number of anilines is 2. The average molecular weight is 243 g/mol. The molecule has 0 atom stereocenters. The van der Waals surface area contributed by atoms with Gasteiger partial charge in [0.15, 0.2) is 0 Å². The van der Waals surface area contributed by atoms with Crippen molar-refractivity contribution in [3.8, 4) is 0 Å². The number of rotatable bonds is 1. The molecule has 92 valence electrons. The van der Waals surface area contributed by atoms with Crippen LogP contribution in [0.3, 0.4) is 0 Å². The van der Waals surface area contributed by atoms with Gasteiger partial charge in [-0.25, -0.2) is 0 Å². The third-order valence-corrected chi connectivity index (χ3v) is 2.56. The highest BCUT2D eigenvalue weighted by Gasteiger charge is 2.31. The van der Waals surface area contributed by atoms with E-state index in [0.29, 0.717) is 18.9 Å². The Morgan fingerprint density at radius 2 is 2.00 bits per heavy atom. The first-order valence-corrected chi connectivity index (χ1v) is 5.09. The lowest BCUT2D eigenvalue weighted by Crippen LogP contribution is -2.22. The number of benzene rings is 1. The maximum atomic E-state index is 12.6. The molecule has 0 saturated carbocycles. The Hall–Kier alpha value is -1.72. The van der Waals surface area contributed by atoms with Crippen LogP contribution >= 0.6 is 0 Å². The van der Waals surface area contributed by atoms with Crippen LogP contribution in [0.4, 0.5) is 24.5 Å². The fraction of sp³-hybridized carbons (Fsp3) is 0.364. The summed E-state index contributed by atoms with van der Waals surface area (Å²) in [6.45, 7) is 2.77. The van der Waals surface area contributed by atoms with Crippen molar-refractivity contribution in [2.24, 2.45) is 4.99 Å². The van der Waals surface area contributed by atoms with Crippen LogP contribution in [0.2, 0.25) is 0 Å². The van der Waals surface area contributed by atoms with Crippen LogP contribution in [0.1, 0.15) is 12.5 Å². The normalized spacial score (nSPS) is 16.2. The standard InChI is InChI=1S/C11H12F3N3/c1-7-5-17(6-16-7)10-3-8(11(12,13)14)2-9(15)4-10/h2-4H,5-6,15H2,1H3. The van der Waals surface area contributed by atoms with Gasteiger partial charge in [-0.1, -0.05) is 0 Å². The fourth-order valence-electron chi connectivity index (χ4n) is 1.74. The van der Waals surface area contributed by atoms with Crippen LogP contribution in [0.25, 0.3) is 0 Å². The van der Waals surface area contributed by atoms with Crippen LogP contribution in [0.5, 0.6) is 0 Å². The van der Waals surface area contributed by atoms with E-state index in [1.807, 2.05) is 6.92 Å². The van der Waals surface area contributed by atoms with Gasteiger partial charge in [0.05, 0.1) is 12.1 Å². The molecule has 2 rings (SSSR count). The first-order chi connectivity index (χ1) is 7.86. The van der Waals surface area contributed by atoms with Crippen molar-refractivity contribution in [3.63, 3.8) is 0 Å². The predicted molar refractivity (Wildman–Crippen MR) is 61.2 cm³/mol. The molecule has 1 aromatic carbocycles. The lowest BCUT2D eigenvalue weighted by atomic mass is 10.1. The summed E-state index contributed by atoms with van der Waals surface area (Å²) in [5, 5.41) is 0. The molecule has 0 aliphatic carbocycles. The van der Waals surface area contributed by atoms with Gasteiger partial charge in [0.2, 0.25) is 0 Å². The topological polar surface area (TPSA) is 41.6 Å². The average Bonchev–Trinajstić information content (AvgIpc) is 2.62. The first-order valence-electron chi connectivity index (χ1n) is 5.09. The van der Waals surface area contributed by atoms with Crippen LogP contribution < -0.4 is 10.6 Å². The molecule has 1 aromatic rings. The molecular weight excluding hydrogens is 231 g/mol. The number of nitrogens with two attached hydrogens (primary N) is 1. The molecular formula is C11H12F3N3. The minimum Gasteiger partial charge on any atom is -0.399 e. The molecule has 1 aliphatic rings. The molecule has 6 heteroatoms. The summed E-state index contributed by atoms with van der Waals surface area (Å²) in [5.74, 6) is 0. The Labute approximate surface area is 96.7 Å². The molecule has 0 saturated heterocycles. The summed E-state index contributed by atoms with van der Waals surface area (Å²) in [5.41, 5.74) is 6.24. The number of nitrogens with zero attached hydrogens (tertiary/aromatic N) is 2. The maximum Gasteiger partial charge on any atom is 0.416 e. The van der Waals surface area contributed by atoms with E-state index in [0.717, 1.165) is 17.8 Å². The Morgan fingerprint density at radius 3 is 2.53 bits per heavy atom. The summed E-state index contributed by atoms with van der Waals surface area (Å²) in [6.07, 6.45) is -4.38. The molecule has 0 bridgehead atoms. The van der Waals surface area contributed by atoms with Gasteiger partial charge in [-0.05, 0) is 25.1 Å². The van der Waals surface area contributed by atoms with Gasteiger partial charge >= 0.3 is 6.18 Å². The van der Waals surface area contributed by atoms with E-state index >= 15 is 0 Å². The smallest absolute Gasteiger partial charge is 0.399 e. The molecule has 2 N–H and O–H groups in total. The quantitative estimate of drug-likeness (QED) is 0.770. The lowest BCUT2D eigenvalue weighted by Gasteiger charge is -2.19. The van der Waals surface area contributed by atoms with Gasteiger partial charge in [0, 0.05) is 17.1 Å². The van der Waals surface area contributed by atoms with Crippen molar-refractivity contribution in [2.45, 2.75) is 13.1 Å². The second kappa shape index (κ2) is 3.94. The van der Waals surface area contributed by atoms with E-state index in [9.17, 15) is 13.2 Å². The third-order valence-electron chi connectivity index (χ3n) is 2.56.